The fourth-order valence-corrected chi connectivity index (χ4v) is 1.33. The normalized spacial score (nSPS) is 10.6. The third-order valence-corrected chi connectivity index (χ3v) is 2.18. The maximum absolute atomic E-state index is 13.2. The Hall–Kier alpha value is -1.42. The highest BCUT2D eigenvalue weighted by atomic mass is 19.1. The van der Waals surface area contributed by atoms with Gasteiger partial charge < -0.3 is 10.1 Å². The Bertz CT molecular complexity index is 366. The summed E-state index contributed by atoms with van der Waals surface area (Å²) in [5.74, 6) is -0.879. The second-order valence-corrected chi connectivity index (χ2v) is 4.01. The van der Waals surface area contributed by atoms with Crippen molar-refractivity contribution in [3.05, 3.63) is 35.6 Å². The molecule has 0 fully saturated rings. The average molecular weight is 239 g/mol. The molecule has 0 bridgehead atoms. The molecule has 0 saturated heterocycles. The zero-order valence-electron chi connectivity index (χ0n) is 10.2. The van der Waals surface area contributed by atoms with Gasteiger partial charge in [-0.05, 0) is 32.4 Å². The predicted molar refractivity (Wildman–Crippen MR) is 64.4 cm³/mol. The fraction of sp³-hybridized carbons (Fsp3) is 0.462. The van der Waals surface area contributed by atoms with Crippen LogP contribution >= 0.6 is 0 Å². The second-order valence-electron chi connectivity index (χ2n) is 4.01. The molecule has 0 spiro atoms. The van der Waals surface area contributed by atoms with E-state index >= 15 is 0 Å². The molecule has 0 unspecified atom stereocenters. The second kappa shape index (κ2) is 7.01. The van der Waals surface area contributed by atoms with Crippen molar-refractivity contribution in [2.75, 3.05) is 13.2 Å². The first-order valence-corrected chi connectivity index (χ1v) is 5.75. The van der Waals surface area contributed by atoms with Crippen LogP contribution in [0.5, 0.6) is 0 Å². The van der Waals surface area contributed by atoms with Gasteiger partial charge in [-0.1, -0.05) is 12.1 Å². The molecule has 0 aliphatic carbocycles. The molecule has 1 rings (SSSR count). The van der Waals surface area contributed by atoms with Gasteiger partial charge in [0, 0.05) is 13.2 Å². The lowest BCUT2D eigenvalue weighted by atomic mass is 10.2. The van der Waals surface area contributed by atoms with Gasteiger partial charge in [0.05, 0.1) is 11.7 Å². The molecule has 0 aliphatic rings. The number of hydrogen-bond donors (Lipinski definition) is 1. The third kappa shape index (κ3) is 4.95. The highest BCUT2D eigenvalue weighted by Crippen LogP contribution is 2.05. The summed E-state index contributed by atoms with van der Waals surface area (Å²) in [7, 11) is 0. The SMILES string of the molecule is CC(C)OCCCNC(=O)c1ccccc1F. The van der Waals surface area contributed by atoms with E-state index in [-0.39, 0.29) is 17.6 Å². The Labute approximate surface area is 101 Å². The molecule has 17 heavy (non-hydrogen) atoms. The zero-order valence-corrected chi connectivity index (χ0v) is 10.2. The van der Waals surface area contributed by atoms with Crippen LogP contribution in [0.4, 0.5) is 4.39 Å². The van der Waals surface area contributed by atoms with Gasteiger partial charge in [-0.15, -0.1) is 0 Å². The number of rotatable bonds is 6. The first-order valence-electron chi connectivity index (χ1n) is 5.75. The molecule has 3 nitrogen and oxygen atoms in total. The lowest BCUT2D eigenvalue weighted by Gasteiger charge is -2.08. The Balaban J connectivity index is 2.29. The molecule has 0 heterocycles. The Morgan fingerprint density at radius 2 is 2.12 bits per heavy atom. The summed E-state index contributed by atoms with van der Waals surface area (Å²) < 4.78 is 18.6. The Morgan fingerprint density at radius 1 is 1.41 bits per heavy atom. The lowest BCUT2D eigenvalue weighted by Crippen LogP contribution is -2.26. The number of amides is 1. The summed E-state index contributed by atoms with van der Waals surface area (Å²) in [6.07, 6.45) is 0.913. The molecule has 0 aliphatic heterocycles. The molecule has 0 atom stereocenters. The quantitative estimate of drug-likeness (QED) is 0.774. The third-order valence-electron chi connectivity index (χ3n) is 2.18. The van der Waals surface area contributed by atoms with E-state index in [1.54, 1.807) is 12.1 Å². The monoisotopic (exact) mass is 239 g/mol. The topological polar surface area (TPSA) is 38.3 Å². The highest BCUT2D eigenvalue weighted by molar-refractivity contribution is 5.94. The molecule has 1 aromatic carbocycles. The summed E-state index contributed by atoms with van der Waals surface area (Å²) in [5, 5.41) is 2.65. The number of carbonyl (C=O) groups is 1. The van der Waals surface area contributed by atoms with E-state index in [0.29, 0.717) is 13.2 Å². The van der Waals surface area contributed by atoms with Gasteiger partial charge in [-0.2, -0.15) is 0 Å². The number of halogens is 1. The molecule has 0 saturated carbocycles. The molecular weight excluding hydrogens is 221 g/mol. The van der Waals surface area contributed by atoms with Gasteiger partial charge >= 0.3 is 0 Å². The number of carbonyl (C=O) groups excluding carboxylic acids is 1. The van der Waals surface area contributed by atoms with E-state index in [1.807, 2.05) is 13.8 Å². The van der Waals surface area contributed by atoms with Crippen molar-refractivity contribution < 1.29 is 13.9 Å². The summed E-state index contributed by atoms with van der Waals surface area (Å²) in [6.45, 7) is 4.99. The molecule has 1 amide bonds. The minimum absolute atomic E-state index is 0.0808. The summed E-state index contributed by atoms with van der Waals surface area (Å²) in [6, 6.07) is 5.94. The van der Waals surface area contributed by atoms with Gasteiger partial charge in [0.1, 0.15) is 5.82 Å². The van der Waals surface area contributed by atoms with E-state index in [2.05, 4.69) is 5.32 Å². The van der Waals surface area contributed by atoms with Crippen molar-refractivity contribution in [3.8, 4) is 0 Å². The summed E-state index contributed by atoms with van der Waals surface area (Å²) in [5.41, 5.74) is 0.0808. The minimum Gasteiger partial charge on any atom is -0.379 e. The first kappa shape index (κ1) is 13.6. The van der Waals surface area contributed by atoms with Crippen LogP contribution in [0.25, 0.3) is 0 Å². The maximum Gasteiger partial charge on any atom is 0.254 e. The molecule has 4 heteroatoms. The van der Waals surface area contributed by atoms with Crippen LogP contribution in [0, 0.1) is 5.82 Å². The van der Waals surface area contributed by atoms with Crippen LogP contribution in [-0.2, 0) is 4.74 Å². The van der Waals surface area contributed by atoms with Crippen LogP contribution in [0.2, 0.25) is 0 Å². The Kier molecular flexibility index (Phi) is 5.63. The molecule has 1 N–H and O–H groups in total. The number of benzene rings is 1. The van der Waals surface area contributed by atoms with E-state index < -0.39 is 5.82 Å². The largest absolute Gasteiger partial charge is 0.379 e. The molecule has 0 aromatic heterocycles. The van der Waals surface area contributed by atoms with Crippen molar-refractivity contribution in [1.29, 1.82) is 0 Å². The van der Waals surface area contributed by atoms with Crippen molar-refractivity contribution >= 4 is 5.91 Å². The highest BCUT2D eigenvalue weighted by Gasteiger charge is 2.09. The van der Waals surface area contributed by atoms with Gasteiger partial charge in [-0.3, -0.25) is 4.79 Å². The van der Waals surface area contributed by atoms with E-state index in [0.717, 1.165) is 6.42 Å². The zero-order chi connectivity index (χ0) is 12.7. The van der Waals surface area contributed by atoms with Gasteiger partial charge in [0.25, 0.3) is 5.91 Å². The number of ether oxygens (including phenoxy) is 1. The molecule has 0 radical (unpaired) electrons. The Morgan fingerprint density at radius 3 is 2.76 bits per heavy atom. The minimum atomic E-state index is -0.497. The van der Waals surface area contributed by atoms with Crippen molar-refractivity contribution in [3.63, 3.8) is 0 Å². The average Bonchev–Trinajstić information content (AvgIpc) is 2.28. The lowest BCUT2D eigenvalue weighted by molar-refractivity contribution is 0.0756. The molecular formula is C13H18FNO2. The van der Waals surface area contributed by atoms with E-state index in [1.165, 1.54) is 12.1 Å². The van der Waals surface area contributed by atoms with Crippen LogP contribution in [0.3, 0.4) is 0 Å². The molecule has 94 valence electrons. The predicted octanol–water partition coefficient (Wildman–Crippen LogP) is 2.37. The standard InChI is InChI=1S/C13H18FNO2/c1-10(2)17-9-5-8-15-13(16)11-6-3-4-7-12(11)14/h3-4,6-7,10H,5,8-9H2,1-2H3,(H,15,16). The van der Waals surface area contributed by atoms with Gasteiger partial charge in [0.2, 0.25) is 0 Å². The van der Waals surface area contributed by atoms with Crippen molar-refractivity contribution in [2.45, 2.75) is 26.4 Å². The smallest absolute Gasteiger partial charge is 0.254 e. The maximum atomic E-state index is 13.2. The number of hydrogen-bond acceptors (Lipinski definition) is 2. The van der Waals surface area contributed by atoms with E-state index in [9.17, 15) is 9.18 Å². The summed E-state index contributed by atoms with van der Waals surface area (Å²) >= 11 is 0. The fourth-order valence-electron chi connectivity index (χ4n) is 1.33. The first-order chi connectivity index (χ1) is 8.11. The van der Waals surface area contributed by atoms with Gasteiger partial charge in [0.15, 0.2) is 0 Å². The van der Waals surface area contributed by atoms with Crippen LogP contribution < -0.4 is 5.32 Å². The van der Waals surface area contributed by atoms with Crippen molar-refractivity contribution in [2.24, 2.45) is 0 Å². The molecule has 1 aromatic rings. The number of nitrogens with one attached hydrogen (secondary N) is 1. The van der Waals surface area contributed by atoms with Gasteiger partial charge in [-0.25, -0.2) is 4.39 Å². The van der Waals surface area contributed by atoms with Crippen LogP contribution in [0.1, 0.15) is 30.6 Å². The summed E-state index contributed by atoms with van der Waals surface area (Å²) in [4.78, 5) is 11.6. The van der Waals surface area contributed by atoms with Crippen LogP contribution in [0.15, 0.2) is 24.3 Å². The van der Waals surface area contributed by atoms with E-state index in [4.69, 9.17) is 4.74 Å². The van der Waals surface area contributed by atoms with Crippen LogP contribution in [-0.4, -0.2) is 25.2 Å². The van der Waals surface area contributed by atoms with Crippen molar-refractivity contribution in [1.82, 2.24) is 5.32 Å².